The lowest BCUT2D eigenvalue weighted by Crippen LogP contribution is -2.39. The Morgan fingerprint density at radius 1 is 1.36 bits per heavy atom. The highest BCUT2D eigenvalue weighted by Crippen LogP contribution is 2.38. The van der Waals surface area contributed by atoms with Crippen molar-refractivity contribution in [1.29, 1.82) is 0 Å². The Morgan fingerprint density at radius 2 is 1.73 bits per heavy atom. The van der Waals surface area contributed by atoms with Crippen molar-refractivity contribution in [3.05, 3.63) is 0 Å². The van der Waals surface area contributed by atoms with Gasteiger partial charge < -0.3 is 4.18 Å². The summed E-state index contributed by atoms with van der Waals surface area (Å²) in [6.45, 7) is 1.46. The van der Waals surface area contributed by atoms with E-state index in [2.05, 4.69) is 17.1 Å². The molecule has 0 saturated carbocycles. The highest BCUT2D eigenvalue weighted by Gasteiger charge is 2.54. The van der Waals surface area contributed by atoms with Crippen molar-refractivity contribution in [2.24, 2.45) is 5.41 Å². The maximum atomic E-state index is 11.9. The number of thiol groups is 1. The quantitative estimate of drug-likeness (QED) is 0.503. The third kappa shape index (κ3) is 2.02. The van der Waals surface area contributed by atoms with Crippen LogP contribution >= 0.6 is 12.9 Å². The summed E-state index contributed by atoms with van der Waals surface area (Å²) >= 11 is 2.99. The summed E-state index contributed by atoms with van der Waals surface area (Å²) in [4.78, 5) is 10.5. The molecule has 0 aliphatic rings. The molecule has 0 aromatic rings. The molecule has 0 rings (SSSR count). The van der Waals surface area contributed by atoms with Crippen molar-refractivity contribution >= 4 is 18.9 Å². The second kappa shape index (κ2) is 2.92. The zero-order valence-corrected chi connectivity index (χ0v) is 6.79. The van der Waals surface area contributed by atoms with Crippen LogP contribution in [0.25, 0.3) is 0 Å². The minimum atomic E-state index is -4.60. The number of halogens is 3. The van der Waals surface area contributed by atoms with Gasteiger partial charge >= 0.3 is 12.1 Å². The summed E-state index contributed by atoms with van der Waals surface area (Å²) in [6.07, 6.45) is -4.60. The molecule has 0 aliphatic carbocycles. The number of carbonyl (C=O) groups excluding carboxylic acids is 1. The Balaban J connectivity index is 4.59. The van der Waals surface area contributed by atoms with Crippen LogP contribution in [0, 0.1) is 5.41 Å². The second-order valence-electron chi connectivity index (χ2n) is 2.50. The zero-order valence-electron chi connectivity index (χ0n) is 5.90. The van der Waals surface area contributed by atoms with Crippen molar-refractivity contribution in [2.45, 2.75) is 20.0 Å². The highest BCUT2D eigenvalue weighted by atomic mass is 32.1. The molecule has 0 spiro atoms. The number of rotatable bonds is 1. The SMILES string of the molecule is CC(C)(C(=O)OS)C(F)(F)F. The predicted octanol–water partition coefficient (Wildman–Crippen LogP) is 1.96. The summed E-state index contributed by atoms with van der Waals surface area (Å²) < 4.78 is 39.5. The number of hydrogen-bond acceptors (Lipinski definition) is 3. The normalized spacial score (nSPS) is 12.9. The van der Waals surface area contributed by atoms with Crippen LogP contribution in [0.4, 0.5) is 13.2 Å². The Bertz CT molecular complexity index is 164. The molecule has 11 heavy (non-hydrogen) atoms. The van der Waals surface area contributed by atoms with Crippen LogP contribution in [0.5, 0.6) is 0 Å². The molecule has 6 heteroatoms. The molecule has 0 saturated heterocycles. The minimum absolute atomic E-state index is 0.728. The number of alkyl halides is 3. The molecule has 0 radical (unpaired) electrons. The monoisotopic (exact) mass is 188 g/mol. The molecular formula is C5H7F3O2S. The average molecular weight is 188 g/mol. The van der Waals surface area contributed by atoms with E-state index in [0.29, 0.717) is 0 Å². The lowest BCUT2D eigenvalue weighted by Gasteiger charge is -2.23. The van der Waals surface area contributed by atoms with E-state index >= 15 is 0 Å². The molecule has 0 aliphatic heterocycles. The summed E-state index contributed by atoms with van der Waals surface area (Å²) in [5.41, 5.74) is -2.49. The van der Waals surface area contributed by atoms with Crippen LogP contribution in [-0.4, -0.2) is 12.1 Å². The van der Waals surface area contributed by atoms with E-state index in [-0.39, 0.29) is 0 Å². The maximum Gasteiger partial charge on any atom is 0.404 e. The van der Waals surface area contributed by atoms with Crippen LogP contribution < -0.4 is 0 Å². The van der Waals surface area contributed by atoms with Crippen LogP contribution in [0.2, 0.25) is 0 Å². The van der Waals surface area contributed by atoms with Gasteiger partial charge in [-0.1, -0.05) is 0 Å². The van der Waals surface area contributed by atoms with Gasteiger partial charge in [0.15, 0.2) is 5.41 Å². The van der Waals surface area contributed by atoms with Crippen molar-refractivity contribution < 1.29 is 22.1 Å². The first-order chi connectivity index (χ1) is 4.73. The first kappa shape index (κ1) is 10.6. The summed E-state index contributed by atoms with van der Waals surface area (Å²) in [7, 11) is 0. The van der Waals surface area contributed by atoms with E-state index in [9.17, 15) is 18.0 Å². The molecule has 0 atom stereocenters. The van der Waals surface area contributed by atoms with E-state index in [1.54, 1.807) is 0 Å². The van der Waals surface area contributed by atoms with E-state index in [0.717, 1.165) is 13.8 Å². The molecule has 2 nitrogen and oxygen atoms in total. The Morgan fingerprint density at radius 3 is 1.82 bits per heavy atom. The van der Waals surface area contributed by atoms with Gasteiger partial charge in [-0.25, -0.2) is 0 Å². The fourth-order valence-electron chi connectivity index (χ4n) is 0.230. The van der Waals surface area contributed by atoms with Crippen molar-refractivity contribution in [3.8, 4) is 0 Å². The van der Waals surface area contributed by atoms with Gasteiger partial charge in [0.05, 0.1) is 0 Å². The van der Waals surface area contributed by atoms with Crippen molar-refractivity contribution in [2.75, 3.05) is 0 Å². The standard InChI is InChI=1S/C5H7F3O2S/c1-4(2,3(9)10-11)5(6,7)8/h11H,1-2H3. The van der Waals surface area contributed by atoms with Gasteiger partial charge in [-0.2, -0.15) is 13.2 Å². The molecule has 0 N–H and O–H groups in total. The largest absolute Gasteiger partial charge is 0.404 e. The third-order valence-electron chi connectivity index (χ3n) is 1.30. The molecule has 0 aromatic heterocycles. The van der Waals surface area contributed by atoms with Crippen LogP contribution in [0.3, 0.4) is 0 Å². The predicted molar refractivity (Wildman–Crippen MR) is 34.9 cm³/mol. The van der Waals surface area contributed by atoms with Crippen LogP contribution in [0.15, 0.2) is 0 Å². The molecule has 0 fully saturated rings. The topological polar surface area (TPSA) is 26.3 Å². The molecule has 0 unspecified atom stereocenters. The highest BCUT2D eigenvalue weighted by molar-refractivity contribution is 7.75. The first-order valence-corrected chi connectivity index (χ1v) is 3.02. The van der Waals surface area contributed by atoms with Crippen LogP contribution in [0.1, 0.15) is 13.8 Å². The fourth-order valence-corrected chi connectivity index (χ4v) is 0.458. The van der Waals surface area contributed by atoms with E-state index in [1.165, 1.54) is 0 Å². The zero-order chi connectivity index (χ0) is 9.28. The second-order valence-corrected chi connectivity index (χ2v) is 2.68. The molecule has 66 valence electrons. The van der Waals surface area contributed by atoms with Gasteiger partial charge in [-0.05, 0) is 13.8 Å². The van der Waals surface area contributed by atoms with Gasteiger partial charge in [-0.3, -0.25) is 4.79 Å². The average Bonchev–Trinajstić information content (AvgIpc) is 1.83. The summed E-state index contributed by atoms with van der Waals surface area (Å²) in [6, 6.07) is 0. The Hall–Kier alpha value is -0.390. The fraction of sp³-hybridized carbons (Fsp3) is 0.800. The first-order valence-electron chi connectivity index (χ1n) is 2.66. The summed E-state index contributed by atoms with van der Waals surface area (Å²) in [5.74, 6) is -1.41. The van der Waals surface area contributed by atoms with Crippen LogP contribution in [-0.2, 0) is 8.98 Å². The summed E-state index contributed by atoms with van der Waals surface area (Å²) in [5, 5.41) is 0. The van der Waals surface area contributed by atoms with Gasteiger partial charge in [0, 0.05) is 12.9 Å². The van der Waals surface area contributed by atoms with Gasteiger partial charge in [-0.15, -0.1) is 0 Å². The van der Waals surface area contributed by atoms with Gasteiger partial charge in [0.1, 0.15) is 0 Å². The molecule has 0 amide bonds. The van der Waals surface area contributed by atoms with Gasteiger partial charge in [0.2, 0.25) is 0 Å². The lowest BCUT2D eigenvalue weighted by atomic mass is 9.93. The lowest BCUT2D eigenvalue weighted by molar-refractivity contribution is -0.218. The Labute approximate surface area is 67.3 Å². The molecule has 0 bridgehead atoms. The number of carbonyl (C=O) groups is 1. The van der Waals surface area contributed by atoms with Crippen molar-refractivity contribution in [3.63, 3.8) is 0 Å². The molecule has 0 heterocycles. The van der Waals surface area contributed by atoms with Gasteiger partial charge in [0.25, 0.3) is 0 Å². The molecular weight excluding hydrogens is 181 g/mol. The minimum Gasteiger partial charge on any atom is -0.394 e. The number of hydrogen-bond donors (Lipinski definition) is 1. The van der Waals surface area contributed by atoms with E-state index < -0.39 is 17.6 Å². The smallest absolute Gasteiger partial charge is 0.394 e. The maximum absolute atomic E-state index is 11.9. The third-order valence-corrected chi connectivity index (χ3v) is 1.47. The van der Waals surface area contributed by atoms with Crippen molar-refractivity contribution in [1.82, 2.24) is 0 Å². The van der Waals surface area contributed by atoms with E-state index in [1.807, 2.05) is 0 Å². The Kier molecular flexibility index (Phi) is 2.82. The van der Waals surface area contributed by atoms with E-state index in [4.69, 9.17) is 0 Å². The molecule has 0 aromatic carbocycles.